The van der Waals surface area contributed by atoms with Gasteiger partial charge >= 0.3 is 12.3 Å². The van der Waals surface area contributed by atoms with Gasteiger partial charge in [-0.05, 0) is 48.5 Å². The molecule has 0 aromatic rings. The molecule has 2 atom stereocenters. The molecule has 21 heavy (non-hydrogen) atoms. The maximum atomic E-state index is 11.9. The number of Topliss-reactive ketones (excluding diaryl/α,β-unsaturated/α-hetero) is 1. The van der Waals surface area contributed by atoms with E-state index in [-0.39, 0.29) is 0 Å². The van der Waals surface area contributed by atoms with Crippen molar-refractivity contribution in [3.8, 4) is 0 Å². The summed E-state index contributed by atoms with van der Waals surface area (Å²) < 4.78 is 10.8. The average Bonchev–Trinajstić information content (AvgIpc) is 2.20. The molecule has 7 heteroatoms. The van der Waals surface area contributed by atoms with Crippen LogP contribution in [0.4, 0.5) is 4.79 Å². The van der Waals surface area contributed by atoms with E-state index in [0.717, 1.165) is 6.21 Å². The van der Waals surface area contributed by atoms with E-state index in [0.29, 0.717) is 0 Å². The second-order valence-electron chi connectivity index (χ2n) is 6.71. The largest absolute Gasteiger partial charge is 0.444 e. The zero-order valence-corrected chi connectivity index (χ0v) is 13.8. The van der Waals surface area contributed by atoms with E-state index in [2.05, 4.69) is 10.1 Å². The SMILES string of the molecule is C[C@@H](OC(C)(C)C)[C@H](NC(=O)OC(C)(C)C)C(=O)C=[N+]=[N-]. The highest BCUT2D eigenvalue weighted by Gasteiger charge is 2.32. The Morgan fingerprint density at radius 2 is 1.67 bits per heavy atom. The quantitative estimate of drug-likeness (QED) is 0.476. The normalized spacial score (nSPS) is 14.6. The number of nitrogens with zero attached hydrogens (tertiary/aromatic N) is 2. The van der Waals surface area contributed by atoms with Crippen molar-refractivity contribution in [1.82, 2.24) is 5.32 Å². The predicted molar refractivity (Wildman–Crippen MR) is 78.1 cm³/mol. The van der Waals surface area contributed by atoms with Gasteiger partial charge in [-0.15, -0.1) is 0 Å². The van der Waals surface area contributed by atoms with Crippen LogP contribution in [0.1, 0.15) is 48.5 Å². The van der Waals surface area contributed by atoms with Gasteiger partial charge in [-0.25, -0.2) is 4.79 Å². The fourth-order valence-corrected chi connectivity index (χ4v) is 1.62. The molecule has 0 fully saturated rings. The number of carbonyl (C=O) groups is 2. The topological polar surface area (TPSA) is 101 Å². The highest BCUT2D eigenvalue weighted by atomic mass is 16.6. The van der Waals surface area contributed by atoms with Gasteiger partial charge in [0.05, 0.1) is 11.7 Å². The average molecular weight is 299 g/mol. The molecular formula is C14H25N3O4. The van der Waals surface area contributed by atoms with E-state index in [9.17, 15) is 9.59 Å². The summed E-state index contributed by atoms with van der Waals surface area (Å²) >= 11 is 0. The summed E-state index contributed by atoms with van der Waals surface area (Å²) in [5.41, 5.74) is 7.30. The number of nitrogens with one attached hydrogen (secondary N) is 1. The smallest absolute Gasteiger partial charge is 0.408 e. The molecule has 0 aliphatic heterocycles. The Bertz CT molecular complexity index is 428. The van der Waals surface area contributed by atoms with Crippen molar-refractivity contribution in [3.63, 3.8) is 0 Å². The number of ether oxygens (including phenoxy) is 2. The number of hydrogen-bond acceptors (Lipinski definition) is 4. The first-order valence-corrected chi connectivity index (χ1v) is 6.74. The van der Waals surface area contributed by atoms with Gasteiger partial charge in [0.15, 0.2) is 0 Å². The van der Waals surface area contributed by atoms with Gasteiger partial charge in [-0.2, -0.15) is 4.79 Å². The van der Waals surface area contributed by atoms with E-state index >= 15 is 0 Å². The third-order valence-corrected chi connectivity index (χ3v) is 2.17. The lowest BCUT2D eigenvalue weighted by molar-refractivity contribution is -0.125. The number of amides is 1. The Morgan fingerprint density at radius 3 is 2.05 bits per heavy atom. The molecule has 1 amide bonds. The lowest BCUT2D eigenvalue weighted by Crippen LogP contribution is -2.52. The molecule has 0 aromatic heterocycles. The first-order valence-electron chi connectivity index (χ1n) is 6.74. The van der Waals surface area contributed by atoms with E-state index in [1.807, 2.05) is 20.8 Å². The second kappa shape index (κ2) is 7.33. The summed E-state index contributed by atoms with van der Waals surface area (Å²) in [5, 5.41) is 2.44. The molecule has 120 valence electrons. The standard InChI is InChI=1S/C14H25N3O4/c1-9(20-13(2,3)4)11(10(18)8-16-15)17-12(19)21-14(5,6)7/h8-9,11H,1-7H3,(H,17,19)/t9-,11+/m1/s1. The van der Waals surface area contributed by atoms with Gasteiger partial charge in [0.25, 0.3) is 5.78 Å². The third-order valence-electron chi connectivity index (χ3n) is 2.17. The zero-order chi connectivity index (χ0) is 16.8. The van der Waals surface area contributed by atoms with Gasteiger partial charge in [-0.3, -0.25) is 4.79 Å². The van der Waals surface area contributed by atoms with Gasteiger partial charge in [0.2, 0.25) is 0 Å². The molecule has 0 saturated heterocycles. The summed E-state index contributed by atoms with van der Waals surface area (Å²) in [6, 6.07) is -1.00. The minimum atomic E-state index is -1.00. The van der Waals surface area contributed by atoms with Crippen LogP contribution in [0.5, 0.6) is 0 Å². The summed E-state index contributed by atoms with van der Waals surface area (Å²) in [6.07, 6.45) is -0.635. The zero-order valence-electron chi connectivity index (χ0n) is 13.8. The number of alkyl carbamates (subject to hydrolysis) is 1. The second-order valence-corrected chi connectivity index (χ2v) is 6.71. The molecule has 0 saturated carbocycles. The van der Waals surface area contributed by atoms with Gasteiger partial charge in [0.1, 0.15) is 11.6 Å². The Kier molecular flexibility index (Phi) is 6.73. The molecule has 0 aromatic carbocycles. The highest BCUT2D eigenvalue weighted by Crippen LogP contribution is 2.14. The summed E-state index contributed by atoms with van der Waals surface area (Å²) in [4.78, 5) is 26.4. The van der Waals surface area contributed by atoms with Crippen LogP contribution in [0.15, 0.2) is 0 Å². The molecule has 0 unspecified atom stereocenters. The van der Waals surface area contributed by atoms with Crippen LogP contribution >= 0.6 is 0 Å². The fourth-order valence-electron chi connectivity index (χ4n) is 1.62. The number of carbonyl (C=O) groups excluding carboxylic acids is 2. The van der Waals surface area contributed by atoms with E-state index < -0.39 is 35.2 Å². The molecule has 0 aliphatic rings. The van der Waals surface area contributed by atoms with Gasteiger partial charge in [0, 0.05) is 0 Å². The molecule has 0 aliphatic carbocycles. The van der Waals surface area contributed by atoms with Crippen molar-refractivity contribution >= 4 is 18.1 Å². The molecule has 0 heterocycles. The van der Waals surface area contributed by atoms with Crippen molar-refractivity contribution in [1.29, 1.82) is 0 Å². The van der Waals surface area contributed by atoms with Crippen LogP contribution < -0.4 is 5.32 Å². The number of ketones is 1. The Labute approximate surface area is 125 Å². The molecule has 0 radical (unpaired) electrons. The first kappa shape index (κ1) is 19.3. The molecule has 7 nitrogen and oxygen atoms in total. The van der Waals surface area contributed by atoms with Crippen LogP contribution in [0.25, 0.3) is 5.53 Å². The van der Waals surface area contributed by atoms with Crippen molar-refractivity contribution in [2.24, 2.45) is 0 Å². The van der Waals surface area contributed by atoms with Gasteiger partial charge in [-0.1, -0.05) is 0 Å². The summed E-state index contributed by atoms with van der Waals surface area (Å²) in [7, 11) is 0. The van der Waals surface area contributed by atoms with E-state index in [1.54, 1.807) is 27.7 Å². The Balaban J connectivity index is 5.03. The van der Waals surface area contributed by atoms with Crippen LogP contribution in [0.3, 0.4) is 0 Å². The Morgan fingerprint density at radius 1 is 1.14 bits per heavy atom. The summed E-state index contributed by atoms with van der Waals surface area (Å²) in [6.45, 7) is 12.3. The third kappa shape index (κ3) is 8.94. The minimum Gasteiger partial charge on any atom is -0.444 e. The molecule has 0 rings (SSSR count). The van der Waals surface area contributed by atoms with E-state index in [4.69, 9.17) is 15.0 Å². The number of hydrogen-bond donors (Lipinski definition) is 1. The molecule has 1 N–H and O–H groups in total. The first-order chi connectivity index (χ1) is 9.35. The van der Waals surface area contributed by atoms with Crippen molar-refractivity contribution in [3.05, 3.63) is 5.53 Å². The van der Waals surface area contributed by atoms with Crippen molar-refractivity contribution in [2.45, 2.75) is 71.8 Å². The number of rotatable bonds is 5. The Hall–Kier alpha value is -1.72. The van der Waals surface area contributed by atoms with Crippen molar-refractivity contribution < 1.29 is 23.9 Å². The van der Waals surface area contributed by atoms with Crippen LogP contribution in [-0.2, 0) is 14.3 Å². The molecule has 0 spiro atoms. The van der Waals surface area contributed by atoms with Crippen LogP contribution in [0.2, 0.25) is 0 Å². The van der Waals surface area contributed by atoms with Crippen LogP contribution in [-0.4, -0.2) is 46.2 Å². The van der Waals surface area contributed by atoms with Crippen molar-refractivity contribution in [2.75, 3.05) is 0 Å². The van der Waals surface area contributed by atoms with Gasteiger partial charge < -0.3 is 20.3 Å². The predicted octanol–water partition coefficient (Wildman–Crippen LogP) is 1.95. The maximum Gasteiger partial charge on any atom is 0.408 e. The lowest BCUT2D eigenvalue weighted by atomic mass is 10.1. The molecule has 0 bridgehead atoms. The minimum absolute atomic E-state index is 0.496. The lowest BCUT2D eigenvalue weighted by Gasteiger charge is -2.30. The fraction of sp³-hybridized carbons (Fsp3) is 0.786. The van der Waals surface area contributed by atoms with Crippen LogP contribution in [0, 0.1) is 0 Å². The summed E-state index contributed by atoms with van der Waals surface area (Å²) in [5.74, 6) is -0.583. The maximum absolute atomic E-state index is 11.9. The molecular weight excluding hydrogens is 274 g/mol. The van der Waals surface area contributed by atoms with E-state index in [1.165, 1.54) is 0 Å². The highest BCUT2D eigenvalue weighted by molar-refractivity contribution is 6.28. The monoisotopic (exact) mass is 299 g/mol.